The Bertz CT molecular complexity index is 468. The fourth-order valence-electron chi connectivity index (χ4n) is 2.32. The SMILES string of the molecule is Cc1cc(NCC2CCCOC2)c([N+](=O)[O-])cc1C. The summed E-state index contributed by atoms with van der Waals surface area (Å²) in [4.78, 5) is 10.8. The molecule has 19 heavy (non-hydrogen) atoms. The molecule has 2 rings (SSSR count). The van der Waals surface area contributed by atoms with Crippen LogP contribution in [0.1, 0.15) is 24.0 Å². The van der Waals surface area contributed by atoms with E-state index in [1.807, 2.05) is 19.9 Å². The van der Waals surface area contributed by atoms with Crippen LogP contribution in [-0.4, -0.2) is 24.7 Å². The van der Waals surface area contributed by atoms with Crippen molar-refractivity contribution in [1.82, 2.24) is 0 Å². The molecule has 1 aromatic carbocycles. The summed E-state index contributed by atoms with van der Waals surface area (Å²) in [5, 5.41) is 14.3. The van der Waals surface area contributed by atoms with Gasteiger partial charge in [-0.2, -0.15) is 0 Å². The average molecular weight is 264 g/mol. The van der Waals surface area contributed by atoms with Gasteiger partial charge in [-0.1, -0.05) is 0 Å². The topological polar surface area (TPSA) is 64.4 Å². The Labute approximate surface area is 113 Å². The second-order valence-electron chi connectivity index (χ2n) is 5.17. The average Bonchev–Trinajstić information content (AvgIpc) is 2.40. The third kappa shape index (κ3) is 3.44. The van der Waals surface area contributed by atoms with Gasteiger partial charge in [0.2, 0.25) is 0 Å². The predicted molar refractivity (Wildman–Crippen MR) is 74.6 cm³/mol. The van der Waals surface area contributed by atoms with E-state index in [1.54, 1.807) is 6.07 Å². The van der Waals surface area contributed by atoms with Crippen LogP contribution in [0.15, 0.2) is 12.1 Å². The van der Waals surface area contributed by atoms with Gasteiger partial charge in [-0.05, 0) is 49.8 Å². The first kappa shape index (κ1) is 13.8. The molecule has 1 fully saturated rings. The highest BCUT2D eigenvalue weighted by Crippen LogP contribution is 2.28. The zero-order chi connectivity index (χ0) is 13.8. The maximum Gasteiger partial charge on any atom is 0.292 e. The summed E-state index contributed by atoms with van der Waals surface area (Å²) in [6, 6.07) is 3.49. The van der Waals surface area contributed by atoms with Gasteiger partial charge < -0.3 is 10.1 Å². The molecule has 0 radical (unpaired) electrons. The highest BCUT2D eigenvalue weighted by Gasteiger charge is 2.18. The van der Waals surface area contributed by atoms with E-state index in [2.05, 4.69) is 5.32 Å². The largest absolute Gasteiger partial charge is 0.381 e. The number of anilines is 1. The van der Waals surface area contributed by atoms with Crippen molar-refractivity contribution < 1.29 is 9.66 Å². The third-order valence-corrected chi connectivity index (χ3v) is 3.64. The number of nitro benzene ring substituents is 1. The van der Waals surface area contributed by atoms with Crippen molar-refractivity contribution in [2.24, 2.45) is 5.92 Å². The Morgan fingerprint density at radius 2 is 2.16 bits per heavy atom. The van der Waals surface area contributed by atoms with Gasteiger partial charge in [0.15, 0.2) is 0 Å². The van der Waals surface area contributed by atoms with Crippen LogP contribution in [0, 0.1) is 29.9 Å². The van der Waals surface area contributed by atoms with Gasteiger partial charge in [-0.3, -0.25) is 10.1 Å². The maximum atomic E-state index is 11.1. The van der Waals surface area contributed by atoms with Crippen LogP contribution in [0.25, 0.3) is 0 Å². The summed E-state index contributed by atoms with van der Waals surface area (Å²) in [7, 11) is 0. The van der Waals surface area contributed by atoms with Gasteiger partial charge in [0, 0.05) is 19.2 Å². The first-order chi connectivity index (χ1) is 9.08. The van der Waals surface area contributed by atoms with E-state index < -0.39 is 0 Å². The summed E-state index contributed by atoms with van der Waals surface area (Å²) in [6.45, 7) is 6.16. The summed E-state index contributed by atoms with van der Waals surface area (Å²) >= 11 is 0. The lowest BCUT2D eigenvalue weighted by molar-refractivity contribution is -0.384. The highest BCUT2D eigenvalue weighted by molar-refractivity contribution is 5.64. The monoisotopic (exact) mass is 264 g/mol. The van der Waals surface area contributed by atoms with Crippen LogP contribution in [-0.2, 0) is 4.74 Å². The number of nitrogens with one attached hydrogen (secondary N) is 1. The van der Waals surface area contributed by atoms with Crippen LogP contribution in [0.2, 0.25) is 0 Å². The molecular formula is C14H20N2O3. The second kappa shape index (κ2) is 6.02. The Hall–Kier alpha value is -1.62. The minimum absolute atomic E-state index is 0.153. The zero-order valence-electron chi connectivity index (χ0n) is 11.4. The molecule has 1 saturated heterocycles. The molecule has 1 heterocycles. The van der Waals surface area contributed by atoms with Crippen LogP contribution in [0.4, 0.5) is 11.4 Å². The zero-order valence-corrected chi connectivity index (χ0v) is 11.4. The number of hydrogen-bond acceptors (Lipinski definition) is 4. The van der Waals surface area contributed by atoms with Crippen molar-refractivity contribution in [1.29, 1.82) is 0 Å². The molecule has 1 aromatic rings. The Kier molecular flexibility index (Phi) is 4.37. The first-order valence-electron chi connectivity index (χ1n) is 6.65. The van der Waals surface area contributed by atoms with Crippen molar-refractivity contribution in [3.05, 3.63) is 33.4 Å². The Balaban J connectivity index is 2.09. The van der Waals surface area contributed by atoms with E-state index in [9.17, 15) is 10.1 Å². The van der Waals surface area contributed by atoms with Crippen LogP contribution >= 0.6 is 0 Å². The highest BCUT2D eigenvalue weighted by atomic mass is 16.6. The van der Waals surface area contributed by atoms with E-state index in [-0.39, 0.29) is 10.6 Å². The normalized spacial score (nSPS) is 19.2. The van der Waals surface area contributed by atoms with Crippen molar-refractivity contribution in [2.75, 3.05) is 25.1 Å². The molecule has 5 heteroatoms. The number of ether oxygens (including phenoxy) is 1. The maximum absolute atomic E-state index is 11.1. The van der Waals surface area contributed by atoms with Crippen LogP contribution in [0.5, 0.6) is 0 Å². The van der Waals surface area contributed by atoms with Gasteiger partial charge in [0.05, 0.1) is 11.5 Å². The van der Waals surface area contributed by atoms with E-state index in [1.165, 1.54) is 0 Å². The minimum atomic E-state index is -0.327. The summed E-state index contributed by atoms with van der Waals surface area (Å²) in [5.41, 5.74) is 2.77. The van der Waals surface area contributed by atoms with E-state index in [0.29, 0.717) is 11.6 Å². The number of nitrogens with zero attached hydrogens (tertiary/aromatic N) is 1. The van der Waals surface area contributed by atoms with Gasteiger partial charge in [0.25, 0.3) is 5.69 Å². The van der Waals surface area contributed by atoms with Crippen molar-refractivity contribution in [2.45, 2.75) is 26.7 Å². The molecule has 1 unspecified atom stereocenters. The quantitative estimate of drug-likeness (QED) is 0.670. The lowest BCUT2D eigenvalue weighted by atomic mass is 10.0. The van der Waals surface area contributed by atoms with Crippen molar-refractivity contribution in [3.63, 3.8) is 0 Å². The molecule has 1 N–H and O–H groups in total. The van der Waals surface area contributed by atoms with Gasteiger partial charge in [-0.15, -0.1) is 0 Å². The van der Waals surface area contributed by atoms with E-state index in [0.717, 1.165) is 43.7 Å². The molecule has 0 aromatic heterocycles. The molecule has 0 saturated carbocycles. The number of benzene rings is 1. The smallest absolute Gasteiger partial charge is 0.292 e. The number of nitro groups is 1. The van der Waals surface area contributed by atoms with Crippen molar-refractivity contribution in [3.8, 4) is 0 Å². The molecule has 0 amide bonds. The van der Waals surface area contributed by atoms with Gasteiger partial charge in [-0.25, -0.2) is 0 Å². The molecule has 0 aliphatic carbocycles. The fraction of sp³-hybridized carbons (Fsp3) is 0.571. The molecular weight excluding hydrogens is 244 g/mol. The van der Waals surface area contributed by atoms with E-state index in [4.69, 9.17) is 4.74 Å². The molecule has 1 atom stereocenters. The predicted octanol–water partition coefficient (Wildman–Crippen LogP) is 3.05. The molecule has 0 bridgehead atoms. The molecule has 1 aliphatic heterocycles. The number of rotatable bonds is 4. The molecule has 1 aliphatic rings. The fourth-order valence-corrected chi connectivity index (χ4v) is 2.32. The second-order valence-corrected chi connectivity index (χ2v) is 5.17. The lowest BCUT2D eigenvalue weighted by Crippen LogP contribution is -2.24. The van der Waals surface area contributed by atoms with Crippen LogP contribution in [0.3, 0.4) is 0 Å². The van der Waals surface area contributed by atoms with E-state index >= 15 is 0 Å². The number of aryl methyl sites for hydroxylation is 2. The summed E-state index contributed by atoms with van der Waals surface area (Å²) in [5.74, 6) is 0.440. The number of hydrogen-bond donors (Lipinski definition) is 1. The lowest BCUT2D eigenvalue weighted by Gasteiger charge is -2.22. The molecule has 104 valence electrons. The summed E-state index contributed by atoms with van der Waals surface area (Å²) < 4.78 is 5.42. The van der Waals surface area contributed by atoms with Gasteiger partial charge >= 0.3 is 0 Å². The molecule has 0 spiro atoms. The first-order valence-corrected chi connectivity index (χ1v) is 6.65. The summed E-state index contributed by atoms with van der Waals surface area (Å²) in [6.07, 6.45) is 2.19. The third-order valence-electron chi connectivity index (χ3n) is 3.64. The standard InChI is InChI=1S/C14H20N2O3/c1-10-6-13(14(16(17)18)7-11(10)2)15-8-12-4-3-5-19-9-12/h6-7,12,15H,3-5,8-9H2,1-2H3. The molecule has 5 nitrogen and oxygen atoms in total. The van der Waals surface area contributed by atoms with Crippen LogP contribution < -0.4 is 5.32 Å². The minimum Gasteiger partial charge on any atom is -0.381 e. The Morgan fingerprint density at radius 3 is 2.79 bits per heavy atom. The van der Waals surface area contributed by atoms with Crippen molar-refractivity contribution >= 4 is 11.4 Å². The Morgan fingerprint density at radius 1 is 1.42 bits per heavy atom. The van der Waals surface area contributed by atoms with Gasteiger partial charge in [0.1, 0.15) is 5.69 Å².